The van der Waals surface area contributed by atoms with Crippen molar-refractivity contribution in [3.05, 3.63) is 35.4 Å². The van der Waals surface area contributed by atoms with Gasteiger partial charge in [-0.15, -0.1) is 0 Å². The minimum atomic E-state index is 0.0952. The van der Waals surface area contributed by atoms with Gasteiger partial charge in [0.25, 0.3) is 0 Å². The summed E-state index contributed by atoms with van der Waals surface area (Å²) in [5.41, 5.74) is 8.88. The van der Waals surface area contributed by atoms with Gasteiger partial charge >= 0.3 is 0 Å². The monoisotopic (exact) mass is 217 g/mol. The first kappa shape index (κ1) is 10.3. The second kappa shape index (κ2) is 3.31. The number of nitrogens with two attached hydrogens (primary N) is 1. The molecule has 2 heteroatoms. The number of aliphatic hydroxyl groups is 1. The number of benzene rings is 1. The first-order chi connectivity index (χ1) is 7.75. The minimum Gasteiger partial charge on any atom is -0.395 e. The van der Waals surface area contributed by atoms with Crippen molar-refractivity contribution in [1.82, 2.24) is 0 Å². The summed E-state index contributed by atoms with van der Waals surface area (Å²) in [7, 11) is 0. The van der Waals surface area contributed by atoms with Crippen LogP contribution in [0.15, 0.2) is 24.3 Å². The van der Waals surface area contributed by atoms with Crippen LogP contribution in [0.1, 0.15) is 36.8 Å². The molecule has 0 atom stereocenters. The lowest BCUT2D eigenvalue weighted by atomic mass is 9.91. The highest BCUT2D eigenvalue weighted by atomic mass is 16.3. The zero-order valence-electron chi connectivity index (χ0n) is 9.58. The molecule has 2 fully saturated rings. The van der Waals surface area contributed by atoms with E-state index in [1.54, 1.807) is 0 Å². The Labute approximate surface area is 96.5 Å². The van der Waals surface area contributed by atoms with Crippen molar-refractivity contribution in [2.75, 3.05) is 13.2 Å². The van der Waals surface area contributed by atoms with Gasteiger partial charge in [-0.1, -0.05) is 24.3 Å². The maximum atomic E-state index is 9.38. The van der Waals surface area contributed by atoms with Crippen LogP contribution in [0.2, 0.25) is 0 Å². The summed E-state index contributed by atoms with van der Waals surface area (Å²) in [6.45, 7) is 1.05. The Bertz CT molecular complexity index is 349. The first-order valence-electron chi connectivity index (χ1n) is 6.17. The predicted molar refractivity (Wildman–Crippen MR) is 64.4 cm³/mol. The summed E-state index contributed by atoms with van der Waals surface area (Å²) in [5.74, 6) is 0. The molecule has 0 unspecified atom stereocenters. The summed E-state index contributed by atoms with van der Waals surface area (Å²) in [6.07, 6.45) is 4.72. The number of aliphatic hydroxyl groups excluding tert-OH is 1. The number of rotatable bonds is 4. The van der Waals surface area contributed by atoms with Crippen molar-refractivity contribution in [3.63, 3.8) is 0 Å². The fourth-order valence-corrected chi connectivity index (χ4v) is 2.63. The maximum absolute atomic E-state index is 9.38. The van der Waals surface area contributed by atoms with E-state index in [2.05, 4.69) is 24.3 Å². The van der Waals surface area contributed by atoms with E-state index in [0.29, 0.717) is 0 Å². The van der Waals surface area contributed by atoms with Crippen LogP contribution in [0.25, 0.3) is 0 Å². The summed E-state index contributed by atoms with van der Waals surface area (Å²) in [4.78, 5) is 0. The van der Waals surface area contributed by atoms with Crippen molar-refractivity contribution in [1.29, 1.82) is 0 Å². The van der Waals surface area contributed by atoms with Crippen LogP contribution in [0.4, 0.5) is 0 Å². The average Bonchev–Trinajstić information content (AvgIpc) is 3.24. The minimum absolute atomic E-state index is 0.0952. The van der Waals surface area contributed by atoms with Crippen LogP contribution in [0.3, 0.4) is 0 Å². The molecular formula is C14H19NO. The summed E-state index contributed by atoms with van der Waals surface area (Å²) in [6, 6.07) is 8.80. The molecule has 2 aliphatic carbocycles. The molecule has 0 spiro atoms. The molecule has 0 saturated heterocycles. The lowest BCUT2D eigenvalue weighted by Crippen LogP contribution is -2.20. The largest absolute Gasteiger partial charge is 0.395 e. The van der Waals surface area contributed by atoms with Crippen LogP contribution in [0.5, 0.6) is 0 Å². The van der Waals surface area contributed by atoms with Gasteiger partial charge in [-0.05, 0) is 36.8 Å². The lowest BCUT2D eigenvalue weighted by molar-refractivity contribution is 0.255. The van der Waals surface area contributed by atoms with Crippen LogP contribution < -0.4 is 5.73 Å². The summed E-state index contributed by atoms with van der Waals surface area (Å²) < 4.78 is 0. The number of hydrogen-bond donors (Lipinski definition) is 2. The van der Waals surface area contributed by atoms with E-state index >= 15 is 0 Å². The standard InChI is InChI=1S/C14H19NO/c15-9-13(5-6-13)11-1-3-12(4-2-11)14(10-16)7-8-14/h1-4,16H,5-10,15H2. The second-order valence-corrected chi connectivity index (χ2v) is 5.50. The molecular weight excluding hydrogens is 198 g/mol. The molecule has 2 nitrogen and oxygen atoms in total. The quantitative estimate of drug-likeness (QED) is 0.806. The van der Waals surface area contributed by atoms with Crippen molar-refractivity contribution < 1.29 is 5.11 Å². The molecule has 0 heterocycles. The van der Waals surface area contributed by atoms with Crippen LogP contribution in [-0.2, 0) is 10.8 Å². The number of hydrogen-bond acceptors (Lipinski definition) is 2. The zero-order valence-corrected chi connectivity index (χ0v) is 9.58. The topological polar surface area (TPSA) is 46.2 Å². The highest BCUT2D eigenvalue weighted by molar-refractivity contribution is 5.39. The third kappa shape index (κ3) is 1.40. The highest BCUT2D eigenvalue weighted by Gasteiger charge is 2.45. The van der Waals surface area contributed by atoms with Crippen LogP contribution >= 0.6 is 0 Å². The molecule has 0 radical (unpaired) electrons. The van der Waals surface area contributed by atoms with Gasteiger partial charge in [0.15, 0.2) is 0 Å². The molecule has 1 aromatic rings. The fraction of sp³-hybridized carbons (Fsp3) is 0.571. The highest BCUT2D eigenvalue weighted by Crippen LogP contribution is 2.50. The van der Waals surface area contributed by atoms with Gasteiger partial charge in [0.1, 0.15) is 0 Å². The van der Waals surface area contributed by atoms with E-state index in [0.717, 1.165) is 19.4 Å². The third-order valence-corrected chi connectivity index (χ3v) is 4.51. The molecule has 16 heavy (non-hydrogen) atoms. The molecule has 86 valence electrons. The molecule has 2 aliphatic rings. The van der Waals surface area contributed by atoms with Crippen molar-refractivity contribution in [2.45, 2.75) is 36.5 Å². The Morgan fingerprint density at radius 1 is 0.938 bits per heavy atom. The van der Waals surface area contributed by atoms with E-state index in [-0.39, 0.29) is 17.4 Å². The van der Waals surface area contributed by atoms with Gasteiger partial charge in [0, 0.05) is 17.4 Å². The maximum Gasteiger partial charge on any atom is 0.0527 e. The van der Waals surface area contributed by atoms with Gasteiger partial charge in [0.05, 0.1) is 6.61 Å². The van der Waals surface area contributed by atoms with E-state index in [4.69, 9.17) is 5.73 Å². The van der Waals surface area contributed by atoms with Gasteiger partial charge in [-0.2, -0.15) is 0 Å². The smallest absolute Gasteiger partial charge is 0.0527 e. The Morgan fingerprint density at radius 2 is 1.38 bits per heavy atom. The zero-order chi connectivity index (χ0) is 11.2. The molecule has 0 amide bonds. The predicted octanol–water partition coefficient (Wildman–Crippen LogP) is 1.70. The van der Waals surface area contributed by atoms with E-state index in [9.17, 15) is 5.11 Å². The third-order valence-electron chi connectivity index (χ3n) is 4.51. The Balaban J connectivity index is 1.86. The molecule has 0 bridgehead atoms. The second-order valence-electron chi connectivity index (χ2n) is 5.50. The van der Waals surface area contributed by atoms with Crippen molar-refractivity contribution >= 4 is 0 Å². The normalized spacial score (nSPS) is 24.1. The lowest BCUT2D eigenvalue weighted by Gasteiger charge is -2.16. The summed E-state index contributed by atoms with van der Waals surface area (Å²) in [5, 5.41) is 9.38. The Kier molecular flexibility index (Phi) is 2.13. The van der Waals surface area contributed by atoms with Gasteiger partial charge in [-0.3, -0.25) is 0 Å². The van der Waals surface area contributed by atoms with E-state index in [1.807, 2.05) is 0 Å². The van der Waals surface area contributed by atoms with Crippen molar-refractivity contribution in [3.8, 4) is 0 Å². The van der Waals surface area contributed by atoms with Crippen LogP contribution in [-0.4, -0.2) is 18.3 Å². The van der Waals surface area contributed by atoms with E-state index in [1.165, 1.54) is 24.0 Å². The van der Waals surface area contributed by atoms with Gasteiger partial charge in [-0.25, -0.2) is 0 Å². The summed E-state index contributed by atoms with van der Waals surface area (Å²) >= 11 is 0. The average molecular weight is 217 g/mol. The van der Waals surface area contributed by atoms with Crippen molar-refractivity contribution in [2.24, 2.45) is 5.73 Å². The molecule has 2 saturated carbocycles. The SMILES string of the molecule is NCC1(c2ccc(C3(CO)CC3)cc2)CC1. The fourth-order valence-electron chi connectivity index (χ4n) is 2.63. The van der Waals surface area contributed by atoms with Gasteiger partial charge < -0.3 is 10.8 Å². The molecule has 3 N–H and O–H groups in total. The molecule has 3 rings (SSSR count). The molecule has 1 aromatic carbocycles. The van der Waals surface area contributed by atoms with Gasteiger partial charge in [0.2, 0.25) is 0 Å². The molecule has 0 aliphatic heterocycles. The molecule has 0 aromatic heterocycles. The Hall–Kier alpha value is -0.860. The first-order valence-corrected chi connectivity index (χ1v) is 6.17. The van der Waals surface area contributed by atoms with Crippen LogP contribution in [0, 0.1) is 0 Å². The van der Waals surface area contributed by atoms with E-state index < -0.39 is 0 Å². The Morgan fingerprint density at radius 3 is 1.69 bits per heavy atom.